The minimum atomic E-state index is -0.809. The Labute approximate surface area is 413 Å². The topological polar surface area (TPSA) is 78.9 Å². The largest absolute Gasteiger partial charge is 0.462 e. The van der Waals surface area contributed by atoms with Gasteiger partial charge >= 0.3 is 17.9 Å². The summed E-state index contributed by atoms with van der Waals surface area (Å²) in [5.74, 6) is -0.978. The van der Waals surface area contributed by atoms with Gasteiger partial charge in [0.1, 0.15) is 13.2 Å². The Morgan fingerprint density at radius 2 is 0.642 bits per heavy atom. The van der Waals surface area contributed by atoms with Gasteiger partial charge in [-0.15, -0.1) is 0 Å². The van der Waals surface area contributed by atoms with E-state index in [0.29, 0.717) is 19.3 Å². The van der Waals surface area contributed by atoms with E-state index in [-0.39, 0.29) is 37.5 Å². The van der Waals surface area contributed by atoms with Crippen molar-refractivity contribution in [1.29, 1.82) is 0 Å². The number of unbranched alkanes of at least 4 members (excludes halogenated alkanes) is 23. The summed E-state index contributed by atoms with van der Waals surface area (Å²) in [5.41, 5.74) is 0. The third-order valence-corrected chi connectivity index (χ3v) is 11.6. The van der Waals surface area contributed by atoms with Crippen LogP contribution in [0.2, 0.25) is 0 Å². The Hall–Kier alpha value is -3.67. The third kappa shape index (κ3) is 53.2. The molecule has 0 aromatic heterocycles. The van der Waals surface area contributed by atoms with Crippen LogP contribution in [0.4, 0.5) is 0 Å². The van der Waals surface area contributed by atoms with Crippen LogP contribution in [-0.2, 0) is 28.6 Å². The number of hydrogen-bond donors (Lipinski definition) is 0. The van der Waals surface area contributed by atoms with E-state index < -0.39 is 6.10 Å². The second kappa shape index (κ2) is 54.9. The van der Waals surface area contributed by atoms with Gasteiger partial charge in [-0.1, -0.05) is 221 Å². The first-order valence-electron chi connectivity index (χ1n) is 27.8. The number of esters is 3. The second-order valence-corrected chi connectivity index (χ2v) is 18.1. The van der Waals surface area contributed by atoms with Gasteiger partial charge in [-0.05, 0) is 109 Å². The third-order valence-electron chi connectivity index (χ3n) is 11.6. The molecule has 0 aliphatic carbocycles. The van der Waals surface area contributed by atoms with Crippen LogP contribution < -0.4 is 0 Å². The van der Waals surface area contributed by atoms with Gasteiger partial charge in [-0.3, -0.25) is 14.4 Å². The van der Waals surface area contributed by atoms with Crippen molar-refractivity contribution in [3.8, 4) is 0 Å². The van der Waals surface area contributed by atoms with Crippen LogP contribution in [0.1, 0.15) is 252 Å². The molecule has 0 aromatic rings. The highest BCUT2D eigenvalue weighted by Gasteiger charge is 2.19. The molecule has 0 fully saturated rings. The van der Waals surface area contributed by atoms with Crippen LogP contribution in [0.5, 0.6) is 0 Å². The first kappa shape index (κ1) is 63.3. The fraction of sp³-hybridized carbons (Fsp3) is 0.689. The molecule has 0 bridgehead atoms. The van der Waals surface area contributed by atoms with Gasteiger partial charge in [0.15, 0.2) is 6.10 Å². The predicted molar refractivity (Wildman–Crippen MR) is 288 cm³/mol. The van der Waals surface area contributed by atoms with Crippen molar-refractivity contribution >= 4 is 17.9 Å². The van der Waals surface area contributed by atoms with Crippen LogP contribution in [0.3, 0.4) is 0 Å². The SMILES string of the molecule is CC/C=C\C/C=C\C/C=C\C/C=C\C/C=C\CCCC(=O)OCC(COC(=O)CCCCCCCC/C=C\C=C/CCCCC)OC(=O)CCCCCCCCC/C=C\CCCCCCCC. The van der Waals surface area contributed by atoms with E-state index in [0.717, 1.165) is 83.5 Å². The summed E-state index contributed by atoms with van der Waals surface area (Å²) in [6.07, 6.45) is 72.5. The molecule has 0 rings (SSSR count). The standard InChI is InChI=1S/C61H102O6/c1-4-7-10-13-16-19-22-25-28-30-33-36-39-42-45-48-51-54-60(63)66-57-58(56-65-59(62)53-50-47-44-41-38-35-32-27-24-21-18-15-12-9-6-3)67-61(64)55-52-49-46-43-40-37-34-31-29-26-23-20-17-14-11-8-5-2/h7,10,16,18-19,21,24-29,33,36,42,45,58H,4-6,8-9,11-15,17,20,22-23,30-32,34-35,37-41,43-44,46-57H2,1-3H3/b10-7-,19-16-,21-18-,27-24-,28-25-,29-26-,36-33-,45-42-. The van der Waals surface area contributed by atoms with Crippen LogP contribution >= 0.6 is 0 Å². The maximum Gasteiger partial charge on any atom is 0.306 e. The van der Waals surface area contributed by atoms with Crippen molar-refractivity contribution in [2.45, 2.75) is 258 Å². The van der Waals surface area contributed by atoms with Gasteiger partial charge in [-0.2, -0.15) is 0 Å². The first-order valence-corrected chi connectivity index (χ1v) is 27.8. The molecule has 6 nitrogen and oxygen atoms in total. The zero-order valence-electron chi connectivity index (χ0n) is 43.6. The van der Waals surface area contributed by atoms with Crippen molar-refractivity contribution in [2.75, 3.05) is 13.2 Å². The van der Waals surface area contributed by atoms with E-state index in [4.69, 9.17) is 14.2 Å². The summed E-state index contributed by atoms with van der Waals surface area (Å²) in [5, 5.41) is 0. The minimum Gasteiger partial charge on any atom is -0.462 e. The van der Waals surface area contributed by atoms with Gasteiger partial charge in [0, 0.05) is 19.3 Å². The zero-order valence-corrected chi connectivity index (χ0v) is 43.6. The molecule has 67 heavy (non-hydrogen) atoms. The Morgan fingerprint density at radius 1 is 0.328 bits per heavy atom. The number of rotatable bonds is 49. The van der Waals surface area contributed by atoms with Crippen molar-refractivity contribution < 1.29 is 28.6 Å². The lowest BCUT2D eigenvalue weighted by Gasteiger charge is -2.18. The van der Waals surface area contributed by atoms with E-state index in [1.54, 1.807) is 0 Å². The van der Waals surface area contributed by atoms with E-state index in [1.807, 2.05) is 0 Å². The lowest BCUT2D eigenvalue weighted by Crippen LogP contribution is -2.30. The molecule has 0 saturated carbocycles. The summed E-state index contributed by atoms with van der Waals surface area (Å²) < 4.78 is 16.8. The average molecular weight is 931 g/mol. The molecule has 0 heterocycles. The lowest BCUT2D eigenvalue weighted by molar-refractivity contribution is -0.167. The van der Waals surface area contributed by atoms with Crippen LogP contribution in [0, 0.1) is 0 Å². The molecule has 0 aliphatic rings. The van der Waals surface area contributed by atoms with Gasteiger partial charge in [0.25, 0.3) is 0 Å². The van der Waals surface area contributed by atoms with Crippen molar-refractivity contribution in [1.82, 2.24) is 0 Å². The first-order chi connectivity index (χ1) is 33.0. The fourth-order valence-electron chi connectivity index (χ4n) is 7.40. The average Bonchev–Trinajstić information content (AvgIpc) is 3.33. The maximum absolute atomic E-state index is 12.8. The normalized spacial score (nSPS) is 12.8. The van der Waals surface area contributed by atoms with E-state index in [9.17, 15) is 14.4 Å². The minimum absolute atomic E-state index is 0.104. The van der Waals surface area contributed by atoms with E-state index in [1.165, 1.54) is 122 Å². The van der Waals surface area contributed by atoms with Gasteiger partial charge in [-0.25, -0.2) is 0 Å². The summed E-state index contributed by atoms with van der Waals surface area (Å²) in [6.45, 7) is 6.43. The van der Waals surface area contributed by atoms with Crippen LogP contribution in [-0.4, -0.2) is 37.2 Å². The van der Waals surface area contributed by atoms with Crippen molar-refractivity contribution in [3.63, 3.8) is 0 Å². The Balaban J connectivity index is 4.50. The monoisotopic (exact) mass is 931 g/mol. The van der Waals surface area contributed by atoms with Gasteiger partial charge in [0.05, 0.1) is 0 Å². The quantitative estimate of drug-likeness (QED) is 0.0199. The van der Waals surface area contributed by atoms with Gasteiger partial charge in [0.2, 0.25) is 0 Å². The van der Waals surface area contributed by atoms with Crippen LogP contribution in [0.15, 0.2) is 97.2 Å². The zero-order chi connectivity index (χ0) is 48.6. The van der Waals surface area contributed by atoms with E-state index >= 15 is 0 Å². The lowest BCUT2D eigenvalue weighted by atomic mass is 10.1. The molecular formula is C61H102O6. The number of allylic oxidation sites excluding steroid dienone is 16. The molecule has 6 heteroatoms. The second-order valence-electron chi connectivity index (χ2n) is 18.1. The molecule has 1 atom stereocenters. The molecule has 0 aromatic carbocycles. The molecule has 0 N–H and O–H groups in total. The van der Waals surface area contributed by atoms with E-state index in [2.05, 4.69) is 118 Å². The number of ether oxygens (including phenoxy) is 3. The maximum atomic E-state index is 12.8. The summed E-state index contributed by atoms with van der Waals surface area (Å²) >= 11 is 0. The highest BCUT2D eigenvalue weighted by molar-refractivity contribution is 5.71. The molecule has 0 amide bonds. The van der Waals surface area contributed by atoms with Crippen LogP contribution in [0.25, 0.3) is 0 Å². The molecular weight excluding hydrogens is 829 g/mol. The number of hydrogen-bond acceptors (Lipinski definition) is 6. The number of carbonyl (C=O) groups is 3. The molecule has 1 unspecified atom stereocenters. The summed E-state index contributed by atoms with van der Waals surface area (Å²) in [4.78, 5) is 38.1. The number of carbonyl (C=O) groups excluding carboxylic acids is 3. The van der Waals surface area contributed by atoms with Crippen molar-refractivity contribution in [2.24, 2.45) is 0 Å². The Kier molecular flexibility index (Phi) is 51.9. The summed E-state index contributed by atoms with van der Waals surface area (Å²) in [7, 11) is 0. The molecule has 0 aliphatic heterocycles. The smallest absolute Gasteiger partial charge is 0.306 e. The fourth-order valence-corrected chi connectivity index (χ4v) is 7.40. The van der Waals surface area contributed by atoms with Gasteiger partial charge < -0.3 is 14.2 Å². The molecule has 0 radical (unpaired) electrons. The van der Waals surface area contributed by atoms with Crippen molar-refractivity contribution in [3.05, 3.63) is 97.2 Å². The highest BCUT2D eigenvalue weighted by Crippen LogP contribution is 2.14. The molecule has 0 saturated heterocycles. The Morgan fingerprint density at radius 3 is 1.10 bits per heavy atom. The highest BCUT2D eigenvalue weighted by atomic mass is 16.6. The molecule has 0 spiro atoms. The predicted octanol–water partition coefficient (Wildman–Crippen LogP) is 18.5. The Bertz CT molecular complexity index is 1350. The summed E-state index contributed by atoms with van der Waals surface area (Å²) in [6, 6.07) is 0. The molecule has 382 valence electrons.